The summed E-state index contributed by atoms with van der Waals surface area (Å²) in [7, 11) is -3.52. The van der Waals surface area contributed by atoms with Crippen LogP contribution < -0.4 is 0 Å². The quantitative estimate of drug-likeness (QED) is 0.593. The molecule has 0 rings (SSSR count). The predicted octanol–water partition coefficient (Wildman–Crippen LogP) is 0.750. The molecule has 60 valence electrons. The smallest absolute Gasteiger partial charge is 0.318 e. The molecule has 0 saturated heterocycles. The van der Waals surface area contributed by atoms with Gasteiger partial charge in [-0.15, -0.1) is 0 Å². The van der Waals surface area contributed by atoms with Crippen molar-refractivity contribution in [3.8, 4) is 0 Å². The van der Waals surface area contributed by atoms with Crippen LogP contribution in [0.25, 0.3) is 0 Å². The van der Waals surface area contributed by atoms with E-state index in [1.807, 2.05) is 0 Å². The first-order valence-corrected chi connectivity index (χ1v) is 4.84. The predicted molar refractivity (Wildman–Crippen MR) is 37.5 cm³/mol. The van der Waals surface area contributed by atoms with Crippen molar-refractivity contribution in [1.82, 2.24) is 0 Å². The highest BCUT2D eigenvalue weighted by molar-refractivity contribution is 7.59. The number of aliphatic carboxylic acids is 1. The van der Waals surface area contributed by atoms with Crippen molar-refractivity contribution in [3.05, 3.63) is 0 Å². The molecule has 1 atom stereocenters. The lowest BCUT2D eigenvalue weighted by Gasteiger charge is -2.21. The van der Waals surface area contributed by atoms with E-state index in [2.05, 4.69) is 0 Å². The molecule has 0 saturated carbocycles. The Balaban J connectivity index is 4.75. The zero-order chi connectivity index (χ0) is 8.58. The molecule has 0 aromatic rings. The fraction of sp³-hybridized carbons (Fsp3) is 0.800. The highest BCUT2D eigenvalue weighted by Crippen LogP contribution is 2.50. The van der Waals surface area contributed by atoms with Gasteiger partial charge >= 0.3 is 5.97 Å². The number of hydrogen-bond donors (Lipinski definition) is 2. The Morgan fingerprint density at radius 3 is 1.80 bits per heavy atom. The highest BCUT2D eigenvalue weighted by atomic mass is 31.2. The first kappa shape index (κ1) is 9.66. The van der Waals surface area contributed by atoms with Gasteiger partial charge in [0.2, 0.25) is 7.37 Å². The Morgan fingerprint density at radius 2 is 1.80 bits per heavy atom. The van der Waals surface area contributed by atoms with E-state index in [1.54, 1.807) is 0 Å². The molecule has 1 unspecified atom stereocenters. The van der Waals surface area contributed by atoms with Gasteiger partial charge < -0.3 is 10.00 Å². The van der Waals surface area contributed by atoms with Crippen LogP contribution in [0.1, 0.15) is 13.8 Å². The summed E-state index contributed by atoms with van der Waals surface area (Å²) in [6, 6.07) is 0. The molecule has 2 N–H and O–H groups in total. The number of rotatable bonds is 2. The van der Waals surface area contributed by atoms with E-state index in [9.17, 15) is 9.36 Å². The van der Waals surface area contributed by atoms with Gasteiger partial charge in [0.25, 0.3) is 0 Å². The molecule has 0 bridgehead atoms. The van der Waals surface area contributed by atoms with Gasteiger partial charge in [0.1, 0.15) is 5.16 Å². The first-order valence-electron chi connectivity index (χ1n) is 2.73. The topological polar surface area (TPSA) is 74.6 Å². The van der Waals surface area contributed by atoms with Crippen molar-refractivity contribution in [3.63, 3.8) is 0 Å². The average Bonchev–Trinajstić information content (AvgIpc) is 1.62. The standard InChI is InChI=1S/C5H11O4P/c1-5(2,4(6)7)10(3,8)9/h1-3H3,(H,6,7)(H,8,9). The van der Waals surface area contributed by atoms with Gasteiger partial charge in [0.15, 0.2) is 0 Å². The fourth-order valence-electron chi connectivity index (χ4n) is 0.177. The van der Waals surface area contributed by atoms with Crippen LogP contribution in [0.15, 0.2) is 0 Å². The molecule has 0 aliphatic carbocycles. The van der Waals surface area contributed by atoms with Crippen molar-refractivity contribution in [1.29, 1.82) is 0 Å². The molecule has 5 heteroatoms. The largest absolute Gasteiger partial charge is 0.480 e. The Kier molecular flexibility index (Phi) is 2.28. The van der Waals surface area contributed by atoms with Gasteiger partial charge in [-0.3, -0.25) is 9.36 Å². The van der Waals surface area contributed by atoms with Crippen LogP contribution >= 0.6 is 7.37 Å². The summed E-state index contributed by atoms with van der Waals surface area (Å²) in [5.74, 6) is -1.25. The van der Waals surface area contributed by atoms with Crippen LogP contribution in [0.3, 0.4) is 0 Å². The normalized spacial score (nSPS) is 18.0. The second kappa shape index (κ2) is 2.36. The molecule has 0 aliphatic heterocycles. The Labute approximate surface area is 59.3 Å². The molecule has 0 fully saturated rings. The maximum Gasteiger partial charge on any atom is 0.318 e. The highest BCUT2D eigenvalue weighted by Gasteiger charge is 2.41. The van der Waals surface area contributed by atoms with E-state index >= 15 is 0 Å². The van der Waals surface area contributed by atoms with Gasteiger partial charge in [-0.2, -0.15) is 0 Å². The van der Waals surface area contributed by atoms with Crippen molar-refractivity contribution >= 4 is 13.3 Å². The van der Waals surface area contributed by atoms with E-state index in [0.29, 0.717) is 0 Å². The van der Waals surface area contributed by atoms with E-state index in [4.69, 9.17) is 10.00 Å². The monoisotopic (exact) mass is 166 g/mol. The van der Waals surface area contributed by atoms with Crippen molar-refractivity contribution in [2.45, 2.75) is 19.0 Å². The molecule has 0 heterocycles. The molecule has 0 aliphatic rings. The van der Waals surface area contributed by atoms with Crippen LogP contribution in [-0.2, 0) is 9.36 Å². The minimum Gasteiger partial charge on any atom is -0.480 e. The number of carbonyl (C=O) groups is 1. The Bertz CT molecular complexity index is 190. The number of carboxylic acids is 1. The minimum absolute atomic E-state index is 1.04. The van der Waals surface area contributed by atoms with E-state index in [1.165, 1.54) is 13.8 Å². The van der Waals surface area contributed by atoms with E-state index in [0.717, 1.165) is 6.66 Å². The zero-order valence-electron chi connectivity index (χ0n) is 6.16. The molecule has 0 spiro atoms. The lowest BCUT2D eigenvalue weighted by atomic mass is 10.2. The first-order chi connectivity index (χ1) is 4.19. The third-order valence-corrected chi connectivity index (χ3v) is 3.83. The average molecular weight is 166 g/mol. The van der Waals surface area contributed by atoms with E-state index < -0.39 is 18.5 Å². The summed E-state index contributed by atoms with van der Waals surface area (Å²) in [5.41, 5.74) is 0. The SMILES string of the molecule is CC(C)(C(=O)O)P(C)(=O)O. The molecule has 0 aromatic heterocycles. The maximum absolute atomic E-state index is 10.9. The minimum atomic E-state index is -3.52. The Morgan fingerprint density at radius 1 is 1.50 bits per heavy atom. The zero-order valence-corrected chi connectivity index (χ0v) is 7.05. The fourth-order valence-corrected chi connectivity index (χ4v) is 0.532. The van der Waals surface area contributed by atoms with Crippen molar-refractivity contribution in [2.24, 2.45) is 0 Å². The third kappa shape index (κ3) is 1.58. The van der Waals surface area contributed by atoms with Gasteiger partial charge in [0, 0.05) is 6.66 Å². The van der Waals surface area contributed by atoms with Crippen molar-refractivity contribution < 1.29 is 19.4 Å². The number of carboxylic acid groups (broad SMARTS) is 1. The summed E-state index contributed by atoms with van der Waals surface area (Å²) in [6.45, 7) is 3.51. The second-order valence-electron chi connectivity index (χ2n) is 2.74. The summed E-state index contributed by atoms with van der Waals surface area (Å²) in [5, 5.41) is 6.91. The van der Waals surface area contributed by atoms with Crippen LogP contribution in [0.2, 0.25) is 0 Å². The van der Waals surface area contributed by atoms with Gasteiger partial charge in [-0.25, -0.2) is 0 Å². The van der Waals surface area contributed by atoms with Crippen LogP contribution in [0.5, 0.6) is 0 Å². The molecule has 10 heavy (non-hydrogen) atoms. The van der Waals surface area contributed by atoms with E-state index in [-0.39, 0.29) is 0 Å². The lowest BCUT2D eigenvalue weighted by Crippen LogP contribution is -2.30. The molecule has 4 nitrogen and oxygen atoms in total. The molecule has 0 aromatic carbocycles. The van der Waals surface area contributed by atoms with Gasteiger partial charge in [-0.1, -0.05) is 0 Å². The van der Waals surface area contributed by atoms with Crippen LogP contribution in [0.4, 0.5) is 0 Å². The molecular weight excluding hydrogens is 155 g/mol. The van der Waals surface area contributed by atoms with Crippen molar-refractivity contribution in [2.75, 3.05) is 6.66 Å². The van der Waals surface area contributed by atoms with Gasteiger partial charge in [-0.05, 0) is 13.8 Å². The second-order valence-corrected chi connectivity index (χ2v) is 5.62. The molecule has 0 amide bonds. The summed E-state index contributed by atoms with van der Waals surface area (Å²) < 4.78 is 10.9. The summed E-state index contributed by atoms with van der Waals surface area (Å²) >= 11 is 0. The lowest BCUT2D eigenvalue weighted by molar-refractivity contribution is -0.139. The van der Waals surface area contributed by atoms with Crippen LogP contribution in [0, 0.1) is 0 Å². The Hall–Kier alpha value is -0.340. The summed E-state index contributed by atoms with van der Waals surface area (Å²) in [4.78, 5) is 19.2. The maximum atomic E-state index is 10.9. The third-order valence-electron chi connectivity index (χ3n) is 1.56. The molecular formula is C5H11O4P. The van der Waals surface area contributed by atoms with Gasteiger partial charge in [0.05, 0.1) is 0 Å². The van der Waals surface area contributed by atoms with Crippen LogP contribution in [-0.4, -0.2) is 27.8 Å². The summed E-state index contributed by atoms with van der Waals surface area (Å²) in [6.07, 6.45) is 0. The molecule has 0 radical (unpaired) electrons. The number of hydrogen-bond acceptors (Lipinski definition) is 2.